The van der Waals surface area contributed by atoms with Crippen LogP contribution in [0.15, 0.2) is 24.3 Å². The molecule has 0 bridgehead atoms. The van der Waals surface area contributed by atoms with Crippen LogP contribution >= 0.6 is 0 Å². The average molecular weight is 372 g/mol. The Hall–Kier alpha value is -2.04. The van der Waals surface area contributed by atoms with Gasteiger partial charge in [0.05, 0.1) is 5.92 Å². The third-order valence-electron chi connectivity index (χ3n) is 5.81. The van der Waals surface area contributed by atoms with Crippen molar-refractivity contribution in [3.05, 3.63) is 29.8 Å². The number of benzene rings is 1. The topological polar surface area (TPSA) is 43.9 Å². The summed E-state index contributed by atoms with van der Waals surface area (Å²) in [7, 11) is 0. The molecular weight excluding hydrogens is 338 g/mol. The van der Waals surface area contributed by atoms with Crippen molar-refractivity contribution in [1.29, 1.82) is 0 Å². The van der Waals surface area contributed by atoms with Gasteiger partial charge in [-0.3, -0.25) is 9.59 Å². The Bertz CT molecular complexity index is 688. The number of nitrogens with zero attached hydrogens (tertiary/aromatic N) is 3. The van der Waals surface area contributed by atoms with Gasteiger partial charge in [-0.15, -0.1) is 0 Å². The zero-order valence-corrected chi connectivity index (χ0v) is 17.1. The minimum Gasteiger partial charge on any atom is -0.365 e. The lowest BCUT2D eigenvalue weighted by atomic mass is 10.0. The first-order valence-corrected chi connectivity index (χ1v) is 10.2. The zero-order chi connectivity index (χ0) is 19.6. The molecule has 0 saturated carbocycles. The Morgan fingerprint density at radius 2 is 2.00 bits per heavy atom. The van der Waals surface area contributed by atoms with Gasteiger partial charge in [-0.05, 0) is 43.9 Å². The van der Waals surface area contributed by atoms with Crippen LogP contribution in [-0.2, 0) is 9.59 Å². The molecule has 5 heteroatoms. The highest BCUT2D eigenvalue weighted by molar-refractivity contribution is 5.89. The number of hydrogen-bond donors (Lipinski definition) is 0. The number of aryl methyl sites for hydroxylation is 1. The molecule has 2 aliphatic heterocycles. The minimum absolute atomic E-state index is 0.139. The number of likely N-dealkylation sites (tertiary alicyclic amines) is 1. The fourth-order valence-corrected chi connectivity index (χ4v) is 4.17. The van der Waals surface area contributed by atoms with Crippen LogP contribution in [0.2, 0.25) is 0 Å². The van der Waals surface area contributed by atoms with Gasteiger partial charge >= 0.3 is 0 Å². The van der Waals surface area contributed by atoms with Crippen molar-refractivity contribution in [2.24, 2.45) is 11.8 Å². The van der Waals surface area contributed by atoms with E-state index >= 15 is 0 Å². The molecule has 27 heavy (non-hydrogen) atoms. The molecule has 2 atom stereocenters. The molecule has 0 spiro atoms. The van der Waals surface area contributed by atoms with Crippen molar-refractivity contribution < 1.29 is 9.59 Å². The summed E-state index contributed by atoms with van der Waals surface area (Å²) in [5.74, 6) is 0.706. The number of hydrogen-bond acceptors (Lipinski definition) is 3. The van der Waals surface area contributed by atoms with Crippen LogP contribution in [-0.4, -0.2) is 60.4 Å². The van der Waals surface area contributed by atoms with Gasteiger partial charge in [-0.1, -0.05) is 26.0 Å². The summed E-state index contributed by atoms with van der Waals surface area (Å²) >= 11 is 0. The zero-order valence-electron chi connectivity index (χ0n) is 17.1. The predicted molar refractivity (Wildman–Crippen MR) is 109 cm³/mol. The van der Waals surface area contributed by atoms with Crippen LogP contribution in [0.25, 0.3) is 0 Å². The Balaban J connectivity index is 1.57. The van der Waals surface area contributed by atoms with Crippen molar-refractivity contribution in [2.45, 2.75) is 46.6 Å². The second-order valence-electron chi connectivity index (χ2n) is 8.59. The standard InChI is InChI=1S/C22H33N3O2/c1-16(2)8-9-23-15-19(13-21(23)26)22(27)24-10-11-25(18(4)14-24)20-7-5-6-17(3)12-20/h5-7,12,16,18-19H,8-11,13-15H2,1-4H3/t18-,19-/m1/s1. The van der Waals surface area contributed by atoms with E-state index in [1.165, 1.54) is 11.3 Å². The second kappa shape index (κ2) is 8.32. The Morgan fingerprint density at radius 1 is 1.22 bits per heavy atom. The third-order valence-corrected chi connectivity index (χ3v) is 5.81. The van der Waals surface area contributed by atoms with Crippen molar-refractivity contribution in [1.82, 2.24) is 9.80 Å². The van der Waals surface area contributed by atoms with Crippen LogP contribution in [0.3, 0.4) is 0 Å². The molecule has 0 aromatic heterocycles. The second-order valence-corrected chi connectivity index (χ2v) is 8.59. The quantitative estimate of drug-likeness (QED) is 0.799. The molecule has 148 valence electrons. The molecule has 0 unspecified atom stereocenters. The SMILES string of the molecule is Cc1cccc(N2CCN(C(=O)[C@@H]3CC(=O)N(CCC(C)C)C3)C[C@H]2C)c1. The number of rotatable bonds is 5. The number of carbonyl (C=O) groups is 2. The van der Waals surface area contributed by atoms with Gasteiger partial charge in [-0.25, -0.2) is 0 Å². The van der Waals surface area contributed by atoms with Crippen LogP contribution < -0.4 is 4.90 Å². The molecule has 0 N–H and O–H groups in total. The molecule has 2 saturated heterocycles. The Labute approximate surface area is 163 Å². The van der Waals surface area contributed by atoms with Crippen molar-refractivity contribution in [3.63, 3.8) is 0 Å². The Kier molecular flexibility index (Phi) is 6.08. The molecule has 2 fully saturated rings. The van der Waals surface area contributed by atoms with E-state index in [2.05, 4.69) is 56.9 Å². The summed E-state index contributed by atoms with van der Waals surface area (Å²) < 4.78 is 0. The summed E-state index contributed by atoms with van der Waals surface area (Å²) in [6.45, 7) is 12.3. The maximum absolute atomic E-state index is 13.0. The normalized spacial score (nSPS) is 23.4. The van der Waals surface area contributed by atoms with Gasteiger partial charge in [-0.2, -0.15) is 0 Å². The van der Waals surface area contributed by atoms with Gasteiger partial charge in [0.15, 0.2) is 0 Å². The van der Waals surface area contributed by atoms with E-state index in [0.717, 1.165) is 32.6 Å². The van der Waals surface area contributed by atoms with Gasteiger partial charge in [0.25, 0.3) is 0 Å². The monoisotopic (exact) mass is 371 g/mol. The molecular formula is C22H33N3O2. The van der Waals surface area contributed by atoms with Gasteiger partial charge < -0.3 is 14.7 Å². The molecule has 2 amide bonds. The largest absolute Gasteiger partial charge is 0.365 e. The predicted octanol–water partition coefficient (Wildman–Crippen LogP) is 2.93. The highest BCUT2D eigenvalue weighted by atomic mass is 16.2. The van der Waals surface area contributed by atoms with Gasteiger partial charge in [0.1, 0.15) is 0 Å². The fourth-order valence-electron chi connectivity index (χ4n) is 4.17. The van der Waals surface area contributed by atoms with Crippen LogP contribution in [0, 0.1) is 18.8 Å². The van der Waals surface area contributed by atoms with E-state index in [9.17, 15) is 9.59 Å². The van der Waals surface area contributed by atoms with Crippen LogP contribution in [0.1, 0.15) is 39.2 Å². The summed E-state index contributed by atoms with van der Waals surface area (Å²) in [6.07, 6.45) is 1.38. The first-order chi connectivity index (χ1) is 12.8. The molecule has 0 radical (unpaired) electrons. The smallest absolute Gasteiger partial charge is 0.228 e. The van der Waals surface area contributed by atoms with Crippen molar-refractivity contribution in [2.75, 3.05) is 37.6 Å². The fraction of sp³-hybridized carbons (Fsp3) is 0.636. The number of amides is 2. The number of piperazine rings is 1. The van der Waals surface area contributed by atoms with Gasteiger partial charge in [0.2, 0.25) is 11.8 Å². The molecule has 2 heterocycles. The molecule has 3 rings (SSSR count). The summed E-state index contributed by atoms with van der Waals surface area (Å²) in [5, 5.41) is 0. The highest BCUT2D eigenvalue weighted by Crippen LogP contribution is 2.25. The molecule has 1 aromatic rings. The lowest BCUT2D eigenvalue weighted by molar-refractivity contribution is -0.136. The molecule has 1 aromatic carbocycles. The van der Waals surface area contributed by atoms with E-state index in [4.69, 9.17) is 0 Å². The lowest BCUT2D eigenvalue weighted by Crippen LogP contribution is -2.55. The molecule has 0 aliphatic carbocycles. The number of carbonyl (C=O) groups excluding carboxylic acids is 2. The van der Waals surface area contributed by atoms with Crippen LogP contribution in [0.4, 0.5) is 5.69 Å². The third kappa shape index (κ3) is 4.63. The molecule has 2 aliphatic rings. The minimum atomic E-state index is -0.164. The van der Waals surface area contributed by atoms with E-state index in [1.807, 2.05) is 9.80 Å². The molecule has 5 nitrogen and oxygen atoms in total. The summed E-state index contributed by atoms with van der Waals surface area (Å²) in [6, 6.07) is 8.82. The number of anilines is 1. The van der Waals surface area contributed by atoms with Gasteiger partial charge in [0, 0.05) is 50.9 Å². The average Bonchev–Trinajstić information content (AvgIpc) is 3.00. The first-order valence-electron chi connectivity index (χ1n) is 10.2. The van der Waals surface area contributed by atoms with Crippen molar-refractivity contribution >= 4 is 17.5 Å². The maximum atomic E-state index is 13.0. The van der Waals surface area contributed by atoms with E-state index in [0.29, 0.717) is 18.9 Å². The summed E-state index contributed by atoms with van der Waals surface area (Å²) in [4.78, 5) is 31.5. The van der Waals surface area contributed by atoms with Crippen molar-refractivity contribution in [3.8, 4) is 0 Å². The van der Waals surface area contributed by atoms with Crippen LogP contribution in [0.5, 0.6) is 0 Å². The lowest BCUT2D eigenvalue weighted by Gasteiger charge is -2.42. The van der Waals surface area contributed by atoms with E-state index < -0.39 is 0 Å². The first kappa shape index (κ1) is 19.7. The maximum Gasteiger partial charge on any atom is 0.228 e. The van der Waals surface area contributed by atoms with E-state index in [1.54, 1.807) is 0 Å². The summed E-state index contributed by atoms with van der Waals surface area (Å²) in [5.41, 5.74) is 2.48. The Morgan fingerprint density at radius 3 is 2.67 bits per heavy atom. The van der Waals surface area contributed by atoms with E-state index in [-0.39, 0.29) is 23.8 Å². The highest BCUT2D eigenvalue weighted by Gasteiger charge is 2.38.